The maximum Gasteiger partial charge on any atom is 0.227 e. The van der Waals surface area contributed by atoms with Gasteiger partial charge in [0.15, 0.2) is 0 Å². The molecule has 2 rings (SSSR count). The summed E-state index contributed by atoms with van der Waals surface area (Å²) in [5.74, 6) is 1.13. The molecule has 1 aromatic carbocycles. The lowest BCUT2D eigenvalue weighted by molar-refractivity contribution is -0.135. The molecule has 1 saturated heterocycles. The number of benzene rings is 1. The van der Waals surface area contributed by atoms with Gasteiger partial charge in [0.25, 0.3) is 0 Å². The Hall–Kier alpha value is -1.55. The molecule has 1 aliphatic rings. The topological polar surface area (TPSA) is 41.6 Å². The number of rotatable bonds is 6. The Labute approximate surface area is 127 Å². The van der Waals surface area contributed by atoms with Crippen LogP contribution in [0.4, 0.5) is 0 Å². The Balaban J connectivity index is 2.10. The summed E-state index contributed by atoms with van der Waals surface area (Å²) in [6.45, 7) is 6.57. The lowest BCUT2D eigenvalue weighted by atomic mass is 10.0. The van der Waals surface area contributed by atoms with E-state index >= 15 is 0 Å². The van der Waals surface area contributed by atoms with E-state index in [2.05, 4.69) is 18.3 Å². The molecule has 1 fully saturated rings. The highest BCUT2D eigenvalue weighted by molar-refractivity contribution is 5.79. The molecule has 2 unspecified atom stereocenters. The van der Waals surface area contributed by atoms with Crippen LogP contribution in [0.5, 0.6) is 5.75 Å². The van der Waals surface area contributed by atoms with Crippen molar-refractivity contribution in [2.45, 2.75) is 32.7 Å². The van der Waals surface area contributed by atoms with Gasteiger partial charge in [0.1, 0.15) is 5.75 Å². The van der Waals surface area contributed by atoms with Gasteiger partial charge in [-0.05, 0) is 37.1 Å². The third-order valence-corrected chi connectivity index (χ3v) is 4.14. The number of ether oxygens (including phenoxy) is 1. The van der Waals surface area contributed by atoms with Gasteiger partial charge in [0.05, 0.1) is 13.2 Å². The van der Waals surface area contributed by atoms with E-state index in [-0.39, 0.29) is 17.9 Å². The zero-order valence-electron chi connectivity index (χ0n) is 13.3. The predicted molar refractivity (Wildman–Crippen MR) is 84.4 cm³/mol. The van der Waals surface area contributed by atoms with Crippen LogP contribution in [-0.2, 0) is 4.79 Å². The fourth-order valence-electron chi connectivity index (χ4n) is 2.96. The number of carbonyl (C=O) groups excluding carboxylic acids is 1. The van der Waals surface area contributed by atoms with Gasteiger partial charge in [0, 0.05) is 19.0 Å². The lowest BCUT2D eigenvalue weighted by Gasteiger charge is -2.28. The molecule has 1 aliphatic heterocycles. The highest BCUT2D eigenvalue weighted by Crippen LogP contribution is 2.34. The Morgan fingerprint density at radius 3 is 3.05 bits per heavy atom. The van der Waals surface area contributed by atoms with Gasteiger partial charge in [-0.2, -0.15) is 0 Å². The molecule has 1 heterocycles. The first-order valence-electron chi connectivity index (χ1n) is 7.82. The molecule has 4 nitrogen and oxygen atoms in total. The summed E-state index contributed by atoms with van der Waals surface area (Å²) in [6.07, 6.45) is 2.11. The van der Waals surface area contributed by atoms with Crippen LogP contribution < -0.4 is 10.1 Å². The molecule has 1 aromatic rings. The van der Waals surface area contributed by atoms with Crippen molar-refractivity contribution in [3.63, 3.8) is 0 Å². The van der Waals surface area contributed by atoms with Gasteiger partial charge in [-0.15, -0.1) is 0 Å². The summed E-state index contributed by atoms with van der Waals surface area (Å²) >= 11 is 0. The number of likely N-dealkylation sites (tertiary alicyclic amines) is 1. The van der Waals surface area contributed by atoms with Crippen LogP contribution in [0.25, 0.3) is 0 Å². The van der Waals surface area contributed by atoms with Gasteiger partial charge in [0.2, 0.25) is 5.91 Å². The number of hydrogen-bond acceptors (Lipinski definition) is 3. The summed E-state index contributed by atoms with van der Waals surface area (Å²) in [6, 6.07) is 8.27. The van der Waals surface area contributed by atoms with E-state index in [0.717, 1.165) is 38.2 Å². The number of carbonyl (C=O) groups is 1. The van der Waals surface area contributed by atoms with Crippen LogP contribution in [0.1, 0.15) is 38.3 Å². The van der Waals surface area contributed by atoms with Crippen molar-refractivity contribution in [2.75, 3.05) is 26.7 Å². The first-order valence-corrected chi connectivity index (χ1v) is 7.82. The Bertz CT molecular complexity index is 476. The molecule has 0 saturated carbocycles. The van der Waals surface area contributed by atoms with E-state index in [4.69, 9.17) is 4.74 Å². The Morgan fingerprint density at radius 1 is 1.52 bits per heavy atom. The second-order valence-electron chi connectivity index (χ2n) is 5.67. The van der Waals surface area contributed by atoms with Crippen molar-refractivity contribution in [3.05, 3.63) is 29.8 Å². The molecule has 0 aromatic heterocycles. The van der Waals surface area contributed by atoms with E-state index < -0.39 is 0 Å². The van der Waals surface area contributed by atoms with Crippen LogP contribution in [0.15, 0.2) is 24.3 Å². The van der Waals surface area contributed by atoms with Crippen molar-refractivity contribution in [3.8, 4) is 5.75 Å². The molecule has 0 radical (unpaired) electrons. The molecule has 4 heteroatoms. The van der Waals surface area contributed by atoms with E-state index in [0.29, 0.717) is 0 Å². The standard InChI is InChI=1S/C17H26N2O2/c1-4-18-12-13(2)17(20)19-10-6-9-16(19)14-7-5-8-15(11-14)21-3/h5,7-8,11,13,16,18H,4,6,9-10,12H2,1-3H3. The SMILES string of the molecule is CCNCC(C)C(=O)N1CCCC1c1cccc(OC)c1. The van der Waals surface area contributed by atoms with Crippen LogP contribution in [0, 0.1) is 5.92 Å². The van der Waals surface area contributed by atoms with E-state index in [1.165, 1.54) is 5.56 Å². The van der Waals surface area contributed by atoms with Crippen LogP contribution in [0.3, 0.4) is 0 Å². The molecule has 21 heavy (non-hydrogen) atoms. The summed E-state index contributed by atoms with van der Waals surface area (Å²) in [7, 11) is 1.68. The highest BCUT2D eigenvalue weighted by atomic mass is 16.5. The molecule has 0 bridgehead atoms. The second-order valence-corrected chi connectivity index (χ2v) is 5.67. The van der Waals surface area contributed by atoms with Crippen LogP contribution in [0.2, 0.25) is 0 Å². The number of nitrogens with one attached hydrogen (secondary N) is 1. The number of nitrogens with zero attached hydrogens (tertiary/aromatic N) is 1. The Morgan fingerprint density at radius 2 is 2.33 bits per heavy atom. The van der Waals surface area contributed by atoms with Crippen molar-refractivity contribution in [2.24, 2.45) is 5.92 Å². The van der Waals surface area contributed by atoms with Crippen molar-refractivity contribution in [1.29, 1.82) is 0 Å². The quantitative estimate of drug-likeness (QED) is 0.875. The summed E-state index contributed by atoms with van der Waals surface area (Å²) in [5.41, 5.74) is 1.18. The molecule has 1 N–H and O–H groups in total. The summed E-state index contributed by atoms with van der Waals surface area (Å²) in [4.78, 5) is 14.7. The van der Waals surface area contributed by atoms with E-state index in [1.54, 1.807) is 7.11 Å². The molecule has 2 atom stereocenters. The minimum atomic E-state index is 0.0242. The first-order chi connectivity index (χ1) is 10.2. The third-order valence-electron chi connectivity index (χ3n) is 4.14. The van der Waals surface area contributed by atoms with Gasteiger partial charge in [-0.25, -0.2) is 0 Å². The monoisotopic (exact) mass is 290 g/mol. The maximum absolute atomic E-state index is 12.6. The van der Waals surface area contributed by atoms with Crippen molar-refractivity contribution >= 4 is 5.91 Å². The number of methoxy groups -OCH3 is 1. The molecule has 1 amide bonds. The fourth-order valence-corrected chi connectivity index (χ4v) is 2.96. The molecule has 0 spiro atoms. The van der Waals surface area contributed by atoms with Crippen molar-refractivity contribution < 1.29 is 9.53 Å². The smallest absolute Gasteiger partial charge is 0.227 e. The lowest BCUT2D eigenvalue weighted by Crippen LogP contribution is -2.38. The first kappa shape index (κ1) is 15.8. The summed E-state index contributed by atoms with van der Waals surface area (Å²) < 4.78 is 5.30. The predicted octanol–water partition coefficient (Wildman–Crippen LogP) is 2.60. The van der Waals surface area contributed by atoms with Gasteiger partial charge in [-0.3, -0.25) is 4.79 Å². The zero-order valence-corrected chi connectivity index (χ0v) is 13.3. The van der Waals surface area contributed by atoms with Gasteiger partial charge >= 0.3 is 0 Å². The maximum atomic E-state index is 12.6. The fraction of sp³-hybridized carbons (Fsp3) is 0.588. The van der Waals surface area contributed by atoms with E-state index in [1.807, 2.05) is 30.0 Å². The minimum absolute atomic E-state index is 0.0242. The highest BCUT2D eigenvalue weighted by Gasteiger charge is 2.32. The second kappa shape index (κ2) is 7.46. The normalized spacial score (nSPS) is 19.6. The average Bonchev–Trinajstić information content (AvgIpc) is 3.01. The third kappa shape index (κ3) is 3.76. The van der Waals surface area contributed by atoms with Gasteiger partial charge in [-0.1, -0.05) is 26.0 Å². The molecule has 0 aliphatic carbocycles. The molecular weight excluding hydrogens is 264 g/mol. The van der Waals surface area contributed by atoms with Crippen LogP contribution in [-0.4, -0.2) is 37.6 Å². The van der Waals surface area contributed by atoms with E-state index in [9.17, 15) is 4.79 Å². The molecular formula is C17H26N2O2. The number of hydrogen-bond donors (Lipinski definition) is 1. The average molecular weight is 290 g/mol. The number of amides is 1. The summed E-state index contributed by atoms with van der Waals surface area (Å²) in [5, 5.41) is 3.26. The van der Waals surface area contributed by atoms with Gasteiger partial charge < -0.3 is 15.0 Å². The van der Waals surface area contributed by atoms with Crippen molar-refractivity contribution in [1.82, 2.24) is 10.2 Å². The minimum Gasteiger partial charge on any atom is -0.497 e. The zero-order chi connectivity index (χ0) is 15.2. The Kier molecular flexibility index (Phi) is 5.62. The largest absolute Gasteiger partial charge is 0.497 e. The molecule has 116 valence electrons. The van der Waals surface area contributed by atoms with Crippen LogP contribution >= 0.6 is 0 Å².